The SMILES string of the molecule is CCN(CCO)C(=O)c1ncc(C)o1. The molecule has 0 unspecified atom stereocenters. The van der Waals surface area contributed by atoms with Gasteiger partial charge in [-0.15, -0.1) is 0 Å². The largest absolute Gasteiger partial charge is 0.438 e. The van der Waals surface area contributed by atoms with E-state index in [1.54, 1.807) is 6.92 Å². The second-order valence-corrected chi connectivity index (χ2v) is 2.88. The van der Waals surface area contributed by atoms with Crippen molar-refractivity contribution < 1.29 is 14.3 Å². The highest BCUT2D eigenvalue weighted by molar-refractivity contribution is 5.89. The number of likely N-dealkylation sites (N-methyl/N-ethyl adjacent to an activating group) is 1. The first kappa shape index (κ1) is 10.7. The van der Waals surface area contributed by atoms with Crippen molar-refractivity contribution >= 4 is 5.91 Å². The van der Waals surface area contributed by atoms with Gasteiger partial charge in [0.2, 0.25) is 0 Å². The Labute approximate surface area is 82.4 Å². The molecule has 5 nitrogen and oxygen atoms in total. The lowest BCUT2D eigenvalue weighted by Crippen LogP contribution is -2.33. The van der Waals surface area contributed by atoms with Crippen molar-refractivity contribution in [2.45, 2.75) is 13.8 Å². The molecule has 14 heavy (non-hydrogen) atoms. The summed E-state index contributed by atoms with van der Waals surface area (Å²) in [6.07, 6.45) is 1.50. The Balaban J connectivity index is 2.72. The third-order valence-corrected chi connectivity index (χ3v) is 1.84. The smallest absolute Gasteiger partial charge is 0.309 e. The number of hydrogen-bond acceptors (Lipinski definition) is 4. The Morgan fingerprint density at radius 2 is 2.43 bits per heavy atom. The maximum absolute atomic E-state index is 11.6. The molecule has 0 aliphatic rings. The molecular formula is C9H14N2O3. The van der Waals surface area contributed by atoms with Crippen molar-refractivity contribution in [1.29, 1.82) is 0 Å². The lowest BCUT2D eigenvalue weighted by Gasteiger charge is -2.17. The molecule has 1 amide bonds. The minimum atomic E-state index is -0.283. The number of amides is 1. The van der Waals surface area contributed by atoms with E-state index >= 15 is 0 Å². The van der Waals surface area contributed by atoms with E-state index < -0.39 is 0 Å². The predicted octanol–water partition coefficient (Wildman–Crippen LogP) is 0.437. The first-order chi connectivity index (χ1) is 6.69. The Morgan fingerprint density at radius 3 is 2.86 bits per heavy atom. The van der Waals surface area contributed by atoms with E-state index in [2.05, 4.69) is 4.98 Å². The van der Waals surface area contributed by atoms with Crippen LogP contribution < -0.4 is 0 Å². The van der Waals surface area contributed by atoms with Crippen molar-refractivity contribution in [3.8, 4) is 0 Å². The van der Waals surface area contributed by atoms with E-state index in [0.717, 1.165) is 0 Å². The number of carbonyl (C=O) groups is 1. The van der Waals surface area contributed by atoms with Crippen LogP contribution >= 0.6 is 0 Å². The summed E-state index contributed by atoms with van der Waals surface area (Å²) < 4.78 is 5.09. The fourth-order valence-electron chi connectivity index (χ4n) is 1.11. The second kappa shape index (κ2) is 4.76. The van der Waals surface area contributed by atoms with Gasteiger partial charge in [0.1, 0.15) is 5.76 Å². The lowest BCUT2D eigenvalue weighted by atomic mass is 10.4. The number of aryl methyl sites for hydroxylation is 1. The van der Waals surface area contributed by atoms with Crippen LogP contribution in [0.15, 0.2) is 10.6 Å². The summed E-state index contributed by atoms with van der Waals surface area (Å²) in [5, 5.41) is 8.72. The zero-order valence-corrected chi connectivity index (χ0v) is 8.36. The molecule has 1 aromatic heterocycles. The molecule has 1 aromatic rings. The number of nitrogens with zero attached hydrogens (tertiary/aromatic N) is 2. The average molecular weight is 198 g/mol. The van der Waals surface area contributed by atoms with Crippen molar-refractivity contribution in [3.05, 3.63) is 17.8 Å². The second-order valence-electron chi connectivity index (χ2n) is 2.88. The van der Waals surface area contributed by atoms with Crippen LogP contribution in [-0.2, 0) is 0 Å². The summed E-state index contributed by atoms with van der Waals surface area (Å²) in [5.41, 5.74) is 0. The van der Waals surface area contributed by atoms with Gasteiger partial charge in [-0.1, -0.05) is 0 Å². The van der Waals surface area contributed by atoms with Gasteiger partial charge in [-0.05, 0) is 13.8 Å². The maximum atomic E-state index is 11.6. The van der Waals surface area contributed by atoms with Gasteiger partial charge >= 0.3 is 5.91 Å². The van der Waals surface area contributed by atoms with E-state index in [1.807, 2.05) is 6.92 Å². The Kier molecular flexibility index (Phi) is 3.64. The van der Waals surface area contributed by atoms with E-state index in [9.17, 15) is 4.79 Å². The normalized spacial score (nSPS) is 10.2. The Morgan fingerprint density at radius 1 is 1.71 bits per heavy atom. The van der Waals surface area contributed by atoms with Crippen molar-refractivity contribution in [1.82, 2.24) is 9.88 Å². The molecule has 0 atom stereocenters. The van der Waals surface area contributed by atoms with E-state index in [4.69, 9.17) is 9.52 Å². The van der Waals surface area contributed by atoms with Crippen molar-refractivity contribution in [3.63, 3.8) is 0 Å². The molecule has 5 heteroatoms. The molecule has 0 saturated heterocycles. The molecular weight excluding hydrogens is 184 g/mol. The van der Waals surface area contributed by atoms with E-state index in [-0.39, 0.29) is 18.4 Å². The number of hydrogen-bond donors (Lipinski definition) is 1. The van der Waals surface area contributed by atoms with Crippen LogP contribution in [0.25, 0.3) is 0 Å². The lowest BCUT2D eigenvalue weighted by molar-refractivity contribution is 0.0691. The average Bonchev–Trinajstić information content (AvgIpc) is 2.60. The molecule has 1 N–H and O–H groups in total. The van der Waals surface area contributed by atoms with Crippen LogP contribution in [0, 0.1) is 6.92 Å². The van der Waals surface area contributed by atoms with Gasteiger partial charge in [-0.25, -0.2) is 4.98 Å². The summed E-state index contributed by atoms with van der Waals surface area (Å²) in [7, 11) is 0. The molecule has 1 heterocycles. The summed E-state index contributed by atoms with van der Waals surface area (Å²) in [5.74, 6) is 0.404. The van der Waals surface area contributed by atoms with E-state index in [1.165, 1.54) is 11.1 Å². The van der Waals surface area contributed by atoms with Crippen LogP contribution in [0.2, 0.25) is 0 Å². The summed E-state index contributed by atoms with van der Waals surface area (Å²) in [4.78, 5) is 16.9. The number of aromatic nitrogens is 1. The summed E-state index contributed by atoms with van der Waals surface area (Å²) in [6.45, 7) is 4.34. The predicted molar refractivity (Wildman–Crippen MR) is 49.9 cm³/mol. The van der Waals surface area contributed by atoms with Crippen molar-refractivity contribution in [2.24, 2.45) is 0 Å². The van der Waals surface area contributed by atoms with Gasteiger partial charge in [0.25, 0.3) is 5.89 Å². The number of carbonyl (C=O) groups excluding carboxylic acids is 1. The fraction of sp³-hybridized carbons (Fsp3) is 0.556. The standard InChI is InChI=1S/C9H14N2O3/c1-3-11(4-5-12)9(13)8-10-6-7(2)14-8/h6,12H,3-5H2,1-2H3. The highest BCUT2D eigenvalue weighted by Gasteiger charge is 2.18. The first-order valence-corrected chi connectivity index (χ1v) is 4.51. The van der Waals surface area contributed by atoms with Crippen LogP contribution in [0.3, 0.4) is 0 Å². The van der Waals surface area contributed by atoms with Gasteiger partial charge in [0, 0.05) is 13.1 Å². The minimum Gasteiger partial charge on any atom is -0.438 e. The molecule has 0 fully saturated rings. The molecule has 0 saturated carbocycles. The fourth-order valence-corrected chi connectivity index (χ4v) is 1.11. The molecule has 0 aromatic carbocycles. The summed E-state index contributed by atoms with van der Waals surface area (Å²) in [6, 6.07) is 0. The van der Waals surface area contributed by atoms with E-state index in [0.29, 0.717) is 18.8 Å². The van der Waals surface area contributed by atoms with Gasteiger partial charge in [0.15, 0.2) is 0 Å². The monoisotopic (exact) mass is 198 g/mol. The van der Waals surface area contributed by atoms with Gasteiger partial charge in [-0.3, -0.25) is 4.79 Å². The molecule has 0 radical (unpaired) electrons. The Bertz CT molecular complexity index is 309. The highest BCUT2D eigenvalue weighted by atomic mass is 16.4. The topological polar surface area (TPSA) is 66.6 Å². The molecule has 0 aliphatic carbocycles. The number of aliphatic hydroxyl groups excluding tert-OH is 1. The third kappa shape index (κ3) is 2.32. The number of oxazole rings is 1. The van der Waals surface area contributed by atoms with Crippen LogP contribution in [0.5, 0.6) is 0 Å². The van der Waals surface area contributed by atoms with Gasteiger partial charge in [-0.2, -0.15) is 0 Å². The molecule has 1 rings (SSSR count). The Hall–Kier alpha value is -1.36. The maximum Gasteiger partial charge on any atom is 0.309 e. The molecule has 0 spiro atoms. The first-order valence-electron chi connectivity index (χ1n) is 4.51. The highest BCUT2D eigenvalue weighted by Crippen LogP contribution is 2.05. The van der Waals surface area contributed by atoms with Gasteiger partial charge < -0.3 is 14.4 Å². The molecule has 78 valence electrons. The minimum absolute atomic E-state index is 0.0563. The number of rotatable bonds is 4. The molecule has 0 bridgehead atoms. The van der Waals surface area contributed by atoms with Crippen molar-refractivity contribution in [2.75, 3.05) is 19.7 Å². The van der Waals surface area contributed by atoms with Crippen LogP contribution in [-0.4, -0.2) is 40.6 Å². The molecule has 0 aliphatic heterocycles. The quantitative estimate of drug-likeness (QED) is 0.762. The van der Waals surface area contributed by atoms with Crippen LogP contribution in [0.1, 0.15) is 23.4 Å². The third-order valence-electron chi connectivity index (χ3n) is 1.84. The zero-order chi connectivity index (χ0) is 10.6. The number of aliphatic hydroxyl groups is 1. The summed E-state index contributed by atoms with van der Waals surface area (Å²) >= 11 is 0. The zero-order valence-electron chi connectivity index (χ0n) is 8.36. The van der Waals surface area contributed by atoms with Crippen LogP contribution in [0.4, 0.5) is 0 Å². The van der Waals surface area contributed by atoms with Gasteiger partial charge in [0.05, 0.1) is 12.8 Å².